The van der Waals surface area contributed by atoms with Crippen LogP contribution < -0.4 is 10.6 Å². The highest BCUT2D eigenvalue weighted by atomic mass is 35.5. The van der Waals surface area contributed by atoms with Gasteiger partial charge in [0.2, 0.25) is 0 Å². The van der Waals surface area contributed by atoms with Gasteiger partial charge in [0.1, 0.15) is 0 Å². The smallest absolute Gasteiger partial charge is 0.407 e. The van der Waals surface area contributed by atoms with Crippen LogP contribution in [0, 0.1) is 0 Å². The maximum absolute atomic E-state index is 11.0. The molecule has 6 heteroatoms. The van der Waals surface area contributed by atoms with E-state index < -0.39 is 6.09 Å². The zero-order chi connectivity index (χ0) is 13.3. The predicted molar refractivity (Wildman–Crippen MR) is 72.3 cm³/mol. The molecule has 0 radical (unpaired) electrons. The number of nitrogens with two attached hydrogens (primary N) is 1. The van der Waals surface area contributed by atoms with Gasteiger partial charge in [-0.1, -0.05) is 11.6 Å². The number of piperazine rings is 1. The molecule has 1 aromatic carbocycles. The molecule has 0 aliphatic carbocycles. The van der Waals surface area contributed by atoms with Crippen molar-refractivity contribution in [1.82, 2.24) is 4.90 Å². The standard InChI is InChI=1S/C12H16ClN3O2/c1-8-7-15(4-5-16(8)12(17)18)11-3-2-9(14)6-10(11)13/h2-3,6,8H,4-5,7,14H2,1H3,(H,17,18)/t8-/m1/s1. The number of hydrogen-bond acceptors (Lipinski definition) is 3. The lowest BCUT2D eigenvalue weighted by Crippen LogP contribution is -2.53. The van der Waals surface area contributed by atoms with Gasteiger partial charge < -0.3 is 20.6 Å². The van der Waals surface area contributed by atoms with Crippen LogP contribution >= 0.6 is 11.6 Å². The molecule has 1 atom stereocenters. The zero-order valence-electron chi connectivity index (χ0n) is 10.1. The normalized spacial score (nSPS) is 20.0. The highest BCUT2D eigenvalue weighted by Crippen LogP contribution is 2.29. The number of anilines is 2. The highest BCUT2D eigenvalue weighted by molar-refractivity contribution is 6.33. The van der Waals surface area contributed by atoms with Gasteiger partial charge in [0.25, 0.3) is 0 Å². The highest BCUT2D eigenvalue weighted by Gasteiger charge is 2.27. The molecule has 2 rings (SSSR count). The van der Waals surface area contributed by atoms with Gasteiger partial charge in [0.15, 0.2) is 0 Å². The molecule has 1 fully saturated rings. The van der Waals surface area contributed by atoms with E-state index in [-0.39, 0.29) is 6.04 Å². The molecule has 98 valence electrons. The average molecular weight is 270 g/mol. The molecule has 1 heterocycles. The molecular weight excluding hydrogens is 254 g/mol. The second-order valence-electron chi connectivity index (χ2n) is 4.48. The first-order valence-electron chi connectivity index (χ1n) is 5.78. The minimum absolute atomic E-state index is 0.0510. The Morgan fingerprint density at radius 2 is 2.22 bits per heavy atom. The molecule has 0 saturated carbocycles. The van der Waals surface area contributed by atoms with Crippen molar-refractivity contribution >= 4 is 29.1 Å². The lowest BCUT2D eigenvalue weighted by Gasteiger charge is -2.39. The lowest BCUT2D eigenvalue weighted by atomic mass is 10.1. The summed E-state index contributed by atoms with van der Waals surface area (Å²) in [5.74, 6) is 0. The summed E-state index contributed by atoms with van der Waals surface area (Å²) in [6.45, 7) is 3.65. The first-order valence-corrected chi connectivity index (χ1v) is 6.16. The van der Waals surface area contributed by atoms with E-state index in [2.05, 4.69) is 4.90 Å². The maximum Gasteiger partial charge on any atom is 0.407 e. The molecule has 0 unspecified atom stereocenters. The summed E-state index contributed by atoms with van der Waals surface area (Å²) >= 11 is 6.16. The molecule has 1 saturated heterocycles. The van der Waals surface area contributed by atoms with Crippen LogP contribution in [0.15, 0.2) is 18.2 Å². The van der Waals surface area contributed by atoms with E-state index >= 15 is 0 Å². The van der Waals surface area contributed by atoms with Crippen LogP contribution in [0.4, 0.5) is 16.2 Å². The monoisotopic (exact) mass is 269 g/mol. The molecule has 1 aromatic rings. The Labute approximate surface area is 111 Å². The van der Waals surface area contributed by atoms with Crippen LogP contribution in [0.1, 0.15) is 6.92 Å². The number of benzene rings is 1. The Balaban J connectivity index is 2.15. The number of carboxylic acid groups (broad SMARTS) is 1. The minimum atomic E-state index is -0.870. The fourth-order valence-corrected chi connectivity index (χ4v) is 2.55. The summed E-state index contributed by atoms with van der Waals surface area (Å²) in [6, 6.07) is 5.34. The topological polar surface area (TPSA) is 69.8 Å². The van der Waals surface area contributed by atoms with Gasteiger partial charge >= 0.3 is 6.09 Å². The van der Waals surface area contributed by atoms with Crippen LogP contribution in [-0.2, 0) is 0 Å². The van der Waals surface area contributed by atoms with Crippen molar-refractivity contribution in [1.29, 1.82) is 0 Å². The molecule has 1 aliphatic rings. The number of nitrogens with zero attached hydrogens (tertiary/aromatic N) is 2. The third kappa shape index (κ3) is 2.46. The number of amides is 1. The van der Waals surface area contributed by atoms with E-state index in [1.165, 1.54) is 4.90 Å². The minimum Gasteiger partial charge on any atom is -0.465 e. The first kappa shape index (κ1) is 12.8. The van der Waals surface area contributed by atoms with E-state index in [1.807, 2.05) is 13.0 Å². The number of nitrogen functional groups attached to an aromatic ring is 1. The Morgan fingerprint density at radius 3 is 2.78 bits per heavy atom. The third-order valence-corrected chi connectivity index (χ3v) is 3.49. The van der Waals surface area contributed by atoms with E-state index in [1.54, 1.807) is 12.1 Å². The average Bonchev–Trinajstić information content (AvgIpc) is 2.28. The Kier molecular flexibility index (Phi) is 3.52. The molecule has 0 bridgehead atoms. The quantitative estimate of drug-likeness (QED) is 0.766. The molecule has 1 aliphatic heterocycles. The van der Waals surface area contributed by atoms with E-state index in [9.17, 15) is 4.79 Å². The van der Waals surface area contributed by atoms with Crippen molar-refractivity contribution in [3.63, 3.8) is 0 Å². The summed E-state index contributed by atoms with van der Waals surface area (Å²) in [5.41, 5.74) is 7.19. The van der Waals surface area contributed by atoms with Crippen molar-refractivity contribution in [2.45, 2.75) is 13.0 Å². The van der Waals surface area contributed by atoms with Crippen LogP contribution in [0.25, 0.3) is 0 Å². The molecule has 0 spiro atoms. The van der Waals surface area contributed by atoms with Crippen molar-refractivity contribution in [2.75, 3.05) is 30.3 Å². The Hall–Kier alpha value is -1.62. The maximum atomic E-state index is 11.0. The summed E-state index contributed by atoms with van der Waals surface area (Å²) in [4.78, 5) is 14.5. The fourth-order valence-electron chi connectivity index (χ4n) is 2.24. The Morgan fingerprint density at radius 1 is 1.50 bits per heavy atom. The van der Waals surface area contributed by atoms with Gasteiger partial charge in [-0.25, -0.2) is 4.79 Å². The fraction of sp³-hybridized carbons (Fsp3) is 0.417. The van der Waals surface area contributed by atoms with Gasteiger partial charge in [-0.2, -0.15) is 0 Å². The van der Waals surface area contributed by atoms with Gasteiger partial charge in [0.05, 0.1) is 10.7 Å². The SMILES string of the molecule is C[C@@H]1CN(c2ccc(N)cc2Cl)CCN1C(=O)O. The van der Waals surface area contributed by atoms with Gasteiger partial charge in [0, 0.05) is 31.4 Å². The molecule has 18 heavy (non-hydrogen) atoms. The Bertz CT molecular complexity index is 467. The molecule has 1 amide bonds. The van der Waals surface area contributed by atoms with Gasteiger partial charge in [-0.05, 0) is 25.1 Å². The van der Waals surface area contributed by atoms with Crippen molar-refractivity contribution in [3.05, 3.63) is 23.2 Å². The van der Waals surface area contributed by atoms with Gasteiger partial charge in [-0.3, -0.25) is 0 Å². The lowest BCUT2D eigenvalue weighted by molar-refractivity contribution is 0.123. The zero-order valence-corrected chi connectivity index (χ0v) is 10.9. The number of hydrogen-bond donors (Lipinski definition) is 2. The van der Waals surface area contributed by atoms with E-state index in [0.717, 1.165) is 5.69 Å². The number of carbonyl (C=O) groups is 1. The van der Waals surface area contributed by atoms with E-state index in [4.69, 9.17) is 22.4 Å². The predicted octanol–water partition coefficient (Wildman–Crippen LogP) is 2.11. The first-order chi connectivity index (χ1) is 8.49. The second kappa shape index (κ2) is 4.94. The second-order valence-corrected chi connectivity index (χ2v) is 4.89. The number of halogens is 1. The largest absolute Gasteiger partial charge is 0.465 e. The van der Waals surface area contributed by atoms with Crippen LogP contribution in [-0.4, -0.2) is 41.8 Å². The molecule has 3 N–H and O–H groups in total. The summed E-state index contributed by atoms with van der Waals surface area (Å²) in [5, 5.41) is 9.62. The van der Waals surface area contributed by atoms with Crippen LogP contribution in [0.5, 0.6) is 0 Å². The molecular formula is C12H16ClN3O2. The molecule has 0 aromatic heterocycles. The van der Waals surface area contributed by atoms with Gasteiger partial charge in [-0.15, -0.1) is 0 Å². The van der Waals surface area contributed by atoms with Crippen LogP contribution in [0.2, 0.25) is 5.02 Å². The summed E-state index contributed by atoms with van der Waals surface area (Å²) in [6.07, 6.45) is -0.870. The van der Waals surface area contributed by atoms with Crippen molar-refractivity contribution in [3.8, 4) is 0 Å². The van der Waals surface area contributed by atoms with E-state index in [0.29, 0.717) is 30.3 Å². The summed E-state index contributed by atoms with van der Waals surface area (Å²) < 4.78 is 0. The third-order valence-electron chi connectivity index (χ3n) is 3.19. The van der Waals surface area contributed by atoms with Crippen molar-refractivity contribution in [2.24, 2.45) is 0 Å². The summed E-state index contributed by atoms with van der Waals surface area (Å²) in [7, 11) is 0. The number of rotatable bonds is 1. The molecule has 5 nitrogen and oxygen atoms in total. The van der Waals surface area contributed by atoms with Crippen LogP contribution in [0.3, 0.4) is 0 Å². The van der Waals surface area contributed by atoms with Crippen molar-refractivity contribution < 1.29 is 9.90 Å².